The molecular weight excluding hydrogens is 263 g/mol. The number of aromatic nitrogens is 2. The van der Waals surface area contributed by atoms with E-state index in [1.54, 1.807) is 7.05 Å². The molecule has 0 saturated heterocycles. The first-order valence-corrected chi connectivity index (χ1v) is 6.81. The molecule has 0 fully saturated rings. The Morgan fingerprint density at radius 2 is 2.30 bits per heavy atom. The van der Waals surface area contributed by atoms with Gasteiger partial charge in [-0.2, -0.15) is 5.10 Å². The lowest BCUT2D eigenvalue weighted by Crippen LogP contribution is -2.43. The van der Waals surface area contributed by atoms with Crippen molar-refractivity contribution in [2.45, 2.75) is 38.1 Å². The number of nitrogens with zero attached hydrogens (tertiary/aromatic N) is 3. The Morgan fingerprint density at radius 3 is 3.00 bits per heavy atom. The molecule has 0 saturated carbocycles. The molecule has 0 aliphatic carbocycles. The summed E-state index contributed by atoms with van der Waals surface area (Å²) in [6, 6.07) is 0.294. The van der Waals surface area contributed by atoms with E-state index in [9.17, 15) is 14.3 Å². The number of nitrogens with one attached hydrogen (secondary N) is 1. The molecule has 3 rings (SSSR count). The van der Waals surface area contributed by atoms with Crippen molar-refractivity contribution in [3.8, 4) is 0 Å². The van der Waals surface area contributed by atoms with E-state index in [2.05, 4.69) is 17.3 Å². The second kappa shape index (κ2) is 4.53. The van der Waals surface area contributed by atoms with Gasteiger partial charge in [0.15, 0.2) is 5.67 Å². The Morgan fingerprint density at radius 1 is 1.55 bits per heavy atom. The number of alkyl halides is 1. The number of carbonyl (C=O) groups is 1. The van der Waals surface area contributed by atoms with E-state index in [0.717, 1.165) is 17.7 Å². The van der Waals surface area contributed by atoms with Gasteiger partial charge in [-0.05, 0) is 6.92 Å². The van der Waals surface area contributed by atoms with Crippen LogP contribution >= 0.6 is 0 Å². The minimum atomic E-state index is -1.84. The van der Waals surface area contributed by atoms with E-state index in [1.807, 2.05) is 0 Å². The predicted octanol–water partition coefficient (Wildman–Crippen LogP) is -0.296. The van der Waals surface area contributed by atoms with Crippen LogP contribution in [0.1, 0.15) is 28.7 Å². The molecule has 1 unspecified atom stereocenters. The highest BCUT2D eigenvalue weighted by Gasteiger charge is 2.40. The fraction of sp³-hybridized carbons (Fsp3) is 0.692. The van der Waals surface area contributed by atoms with Gasteiger partial charge in [0.1, 0.15) is 5.69 Å². The molecule has 20 heavy (non-hydrogen) atoms. The molecule has 1 amide bonds. The minimum Gasteiger partial charge on any atom is -0.393 e. The number of aliphatic hydroxyl groups is 1. The standard InChI is InChI=1S/C13H19FN4O2/c1-8-3-10-9(4-15-8)11-12(20)17(2)5-13(14,7-19)6-18(11)16-10/h8,15,19H,3-7H2,1-2H3/t8-,13?/m1/s1. The number of hydrogen-bond donors (Lipinski definition) is 2. The second-order valence-corrected chi connectivity index (χ2v) is 5.89. The molecule has 0 spiro atoms. The molecule has 1 aromatic rings. The summed E-state index contributed by atoms with van der Waals surface area (Å²) in [7, 11) is 1.56. The molecule has 2 aliphatic rings. The van der Waals surface area contributed by atoms with Crippen LogP contribution in [0.2, 0.25) is 0 Å². The lowest BCUT2D eigenvalue weighted by atomic mass is 10.0. The summed E-state index contributed by atoms with van der Waals surface area (Å²) in [6.07, 6.45) is 0.727. The van der Waals surface area contributed by atoms with Crippen molar-refractivity contribution >= 4 is 5.91 Å². The van der Waals surface area contributed by atoms with E-state index in [1.165, 1.54) is 9.58 Å². The minimum absolute atomic E-state index is 0.0870. The molecule has 0 aromatic carbocycles. The zero-order valence-electron chi connectivity index (χ0n) is 11.7. The number of hydrogen-bond acceptors (Lipinski definition) is 4. The van der Waals surface area contributed by atoms with Crippen molar-refractivity contribution in [3.05, 3.63) is 17.0 Å². The smallest absolute Gasteiger partial charge is 0.272 e. The van der Waals surface area contributed by atoms with E-state index < -0.39 is 12.3 Å². The van der Waals surface area contributed by atoms with Crippen LogP contribution in [0.3, 0.4) is 0 Å². The van der Waals surface area contributed by atoms with Gasteiger partial charge in [-0.15, -0.1) is 0 Å². The van der Waals surface area contributed by atoms with Crippen LogP contribution in [-0.2, 0) is 19.5 Å². The number of amides is 1. The molecule has 110 valence electrons. The van der Waals surface area contributed by atoms with Gasteiger partial charge in [0, 0.05) is 31.6 Å². The van der Waals surface area contributed by atoms with Gasteiger partial charge in [0.05, 0.1) is 25.4 Å². The molecule has 2 atom stereocenters. The summed E-state index contributed by atoms with van der Waals surface area (Å²) in [5, 5.41) is 17.0. The maximum atomic E-state index is 14.6. The molecule has 1 aromatic heterocycles. The number of carbonyl (C=O) groups excluding carboxylic acids is 1. The molecule has 3 heterocycles. The van der Waals surface area contributed by atoms with Crippen LogP contribution in [0, 0.1) is 0 Å². The first kappa shape index (κ1) is 13.5. The normalized spacial score (nSPS) is 29.9. The van der Waals surface area contributed by atoms with E-state index in [4.69, 9.17) is 0 Å². The van der Waals surface area contributed by atoms with Gasteiger partial charge in [0.2, 0.25) is 0 Å². The quantitative estimate of drug-likeness (QED) is 0.742. The predicted molar refractivity (Wildman–Crippen MR) is 70.1 cm³/mol. The zero-order valence-corrected chi connectivity index (χ0v) is 11.7. The molecule has 2 aliphatic heterocycles. The second-order valence-electron chi connectivity index (χ2n) is 5.89. The third-order valence-electron chi connectivity index (χ3n) is 4.05. The van der Waals surface area contributed by atoms with Crippen LogP contribution in [0.5, 0.6) is 0 Å². The van der Waals surface area contributed by atoms with Crippen molar-refractivity contribution in [1.29, 1.82) is 0 Å². The Bertz CT molecular complexity index is 559. The largest absolute Gasteiger partial charge is 0.393 e. The molecular formula is C13H19FN4O2. The van der Waals surface area contributed by atoms with Crippen LogP contribution < -0.4 is 5.32 Å². The van der Waals surface area contributed by atoms with Crippen LogP contribution in [-0.4, -0.2) is 57.6 Å². The summed E-state index contributed by atoms with van der Waals surface area (Å²) < 4.78 is 16.0. The Hall–Kier alpha value is -1.47. The van der Waals surface area contributed by atoms with E-state index in [-0.39, 0.29) is 19.0 Å². The van der Waals surface area contributed by atoms with Crippen molar-refractivity contribution in [3.63, 3.8) is 0 Å². The fourth-order valence-electron chi connectivity index (χ4n) is 2.99. The average molecular weight is 282 g/mol. The van der Waals surface area contributed by atoms with Crippen molar-refractivity contribution in [2.75, 3.05) is 20.2 Å². The van der Waals surface area contributed by atoms with Crippen LogP contribution in [0.25, 0.3) is 0 Å². The Labute approximate surface area is 116 Å². The van der Waals surface area contributed by atoms with Crippen LogP contribution in [0.15, 0.2) is 0 Å². The number of aliphatic hydroxyl groups excluding tert-OH is 1. The maximum absolute atomic E-state index is 14.6. The average Bonchev–Trinajstić information content (AvgIpc) is 2.69. The number of fused-ring (bicyclic) bond motifs is 3. The van der Waals surface area contributed by atoms with Crippen molar-refractivity contribution < 1.29 is 14.3 Å². The highest BCUT2D eigenvalue weighted by molar-refractivity contribution is 5.94. The van der Waals surface area contributed by atoms with E-state index >= 15 is 0 Å². The molecule has 6 nitrogen and oxygen atoms in total. The third-order valence-corrected chi connectivity index (χ3v) is 4.05. The van der Waals surface area contributed by atoms with Gasteiger partial charge in [-0.1, -0.05) is 0 Å². The molecule has 0 bridgehead atoms. The van der Waals surface area contributed by atoms with Gasteiger partial charge >= 0.3 is 0 Å². The van der Waals surface area contributed by atoms with Gasteiger partial charge in [-0.3, -0.25) is 9.48 Å². The van der Waals surface area contributed by atoms with Crippen molar-refractivity contribution in [1.82, 2.24) is 20.0 Å². The molecule has 2 N–H and O–H groups in total. The van der Waals surface area contributed by atoms with Gasteiger partial charge in [-0.25, -0.2) is 4.39 Å². The summed E-state index contributed by atoms with van der Waals surface area (Å²) in [5.74, 6) is -0.233. The highest BCUT2D eigenvalue weighted by Crippen LogP contribution is 2.27. The number of rotatable bonds is 1. The Balaban J connectivity index is 2.09. The van der Waals surface area contributed by atoms with Crippen LogP contribution in [0.4, 0.5) is 4.39 Å². The third kappa shape index (κ3) is 2.01. The van der Waals surface area contributed by atoms with Gasteiger partial charge < -0.3 is 15.3 Å². The lowest BCUT2D eigenvalue weighted by Gasteiger charge is -2.25. The monoisotopic (exact) mass is 282 g/mol. The van der Waals surface area contributed by atoms with E-state index in [0.29, 0.717) is 18.3 Å². The first-order valence-electron chi connectivity index (χ1n) is 6.81. The topological polar surface area (TPSA) is 70.4 Å². The summed E-state index contributed by atoms with van der Waals surface area (Å²) >= 11 is 0. The fourth-order valence-corrected chi connectivity index (χ4v) is 2.99. The SMILES string of the molecule is C[C@@H]1Cc2nn3c(c2CN1)C(=O)N(C)CC(F)(CO)C3. The lowest BCUT2D eigenvalue weighted by molar-refractivity contribution is 0.0292. The zero-order chi connectivity index (χ0) is 14.5. The summed E-state index contributed by atoms with van der Waals surface area (Å²) in [5.41, 5.74) is 0.329. The van der Waals surface area contributed by atoms with Gasteiger partial charge in [0.25, 0.3) is 5.91 Å². The molecule has 7 heteroatoms. The summed E-state index contributed by atoms with van der Waals surface area (Å²) in [6.45, 7) is 1.79. The Kier molecular flexibility index (Phi) is 3.06. The first-order chi connectivity index (χ1) is 9.43. The summed E-state index contributed by atoms with van der Waals surface area (Å²) in [4.78, 5) is 13.8. The van der Waals surface area contributed by atoms with Crippen molar-refractivity contribution in [2.24, 2.45) is 0 Å². The highest BCUT2D eigenvalue weighted by atomic mass is 19.1. The maximum Gasteiger partial charge on any atom is 0.272 e. The molecule has 0 radical (unpaired) electrons. The number of halogens is 1.